The first-order valence-electron chi connectivity index (χ1n) is 6.79. The summed E-state index contributed by atoms with van der Waals surface area (Å²) in [5.74, 6) is 0. The van der Waals surface area contributed by atoms with Crippen molar-refractivity contribution >= 4 is 0 Å². The number of hydrogen-bond donors (Lipinski definition) is 1. The van der Waals surface area contributed by atoms with Crippen molar-refractivity contribution in [2.24, 2.45) is 5.73 Å². The van der Waals surface area contributed by atoms with Gasteiger partial charge in [-0.25, -0.2) is 0 Å². The molecule has 0 saturated heterocycles. The largest absolute Gasteiger partial charge is 0.385 e. The molecular formula is C15H25NO3. The molecule has 1 aromatic rings. The van der Waals surface area contributed by atoms with Gasteiger partial charge in [0.05, 0.1) is 19.8 Å². The Hall–Kier alpha value is -0.940. The highest BCUT2D eigenvalue weighted by Crippen LogP contribution is 2.06. The van der Waals surface area contributed by atoms with Crippen molar-refractivity contribution in [3.8, 4) is 0 Å². The molecule has 0 bridgehead atoms. The minimum Gasteiger partial charge on any atom is -0.385 e. The van der Waals surface area contributed by atoms with Crippen molar-refractivity contribution in [2.45, 2.75) is 19.4 Å². The van der Waals surface area contributed by atoms with Crippen molar-refractivity contribution in [3.63, 3.8) is 0 Å². The SMILES string of the molecule is COCCCOCCOCc1ccc(CCN)cc1. The summed E-state index contributed by atoms with van der Waals surface area (Å²) in [4.78, 5) is 0. The average Bonchev–Trinajstić information content (AvgIpc) is 2.44. The van der Waals surface area contributed by atoms with E-state index >= 15 is 0 Å². The molecule has 0 aromatic heterocycles. The van der Waals surface area contributed by atoms with Gasteiger partial charge in [-0.1, -0.05) is 24.3 Å². The van der Waals surface area contributed by atoms with E-state index in [-0.39, 0.29) is 0 Å². The Morgan fingerprint density at radius 2 is 1.58 bits per heavy atom. The smallest absolute Gasteiger partial charge is 0.0718 e. The molecule has 0 fully saturated rings. The lowest BCUT2D eigenvalue weighted by Crippen LogP contribution is -2.07. The second-order valence-electron chi connectivity index (χ2n) is 4.37. The third-order valence-electron chi connectivity index (χ3n) is 2.73. The van der Waals surface area contributed by atoms with Gasteiger partial charge in [0.25, 0.3) is 0 Å². The minimum absolute atomic E-state index is 0.623. The van der Waals surface area contributed by atoms with Crippen molar-refractivity contribution in [1.82, 2.24) is 0 Å². The van der Waals surface area contributed by atoms with Crippen LogP contribution in [0.3, 0.4) is 0 Å². The van der Waals surface area contributed by atoms with E-state index in [4.69, 9.17) is 19.9 Å². The summed E-state index contributed by atoms with van der Waals surface area (Å²) in [6, 6.07) is 8.38. The standard InChI is InChI=1S/C15H25NO3/c1-17-9-2-10-18-11-12-19-13-15-5-3-14(4-6-15)7-8-16/h3-6H,2,7-13,16H2,1H3. The van der Waals surface area contributed by atoms with Crippen LogP contribution < -0.4 is 5.73 Å². The molecule has 0 spiro atoms. The maximum absolute atomic E-state index is 5.55. The molecule has 0 atom stereocenters. The lowest BCUT2D eigenvalue weighted by Gasteiger charge is -2.06. The molecule has 0 aliphatic heterocycles. The molecule has 1 aromatic carbocycles. The van der Waals surface area contributed by atoms with Gasteiger partial charge in [-0.3, -0.25) is 0 Å². The average molecular weight is 267 g/mol. The first-order valence-corrected chi connectivity index (χ1v) is 6.79. The Labute approximate surface area is 115 Å². The molecule has 108 valence electrons. The zero-order chi connectivity index (χ0) is 13.8. The van der Waals surface area contributed by atoms with E-state index in [1.54, 1.807) is 7.11 Å². The van der Waals surface area contributed by atoms with Crippen LogP contribution in [-0.4, -0.2) is 40.1 Å². The maximum atomic E-state index is 5.55. The van der Waals surface area contributed by atoms with E-state index in [0.29, 0.717) is 26.4 Å². The van der Waals surface area contributed by atoms with Crippen LogP contribution in [0.25, 0.3) is 0 Å². The molecule has 4 heteroatoms. The summed E-state index contributed by atoms with van der Waals surface area (Å²) in [6.45, 7) is 4.05. The van der Waals surface area contributed by atoms with Crippen LogP contribution in [0.5, 0.6) is 0 Å². The Bertz CT molecular complexity index is 314. The fraction of sp³-hybridized carbons (Fsp3) is 0.600. The fourth-order valence-corrected chi connectivity index (χ4v) is 1.68. The van der Waals surface area contributed by atoms with E-state index in [1.807, 2.05) is 0 Å². The quantitative estimate of drug-likeness (QED) is 0.621. The Kier molecular flexibility index (Phi) is 9.27. The number of hydrogen-bond acceptors (Lipinski definition) is 4. The van der Waals surface area contributed by atoms with Crippen LogP contribution in [0, 0.1) is 0 Å². The predicted octanol–water partition coefficient (Wildman–Crippen LogP) is 1.76. The summed E-state index contributed by atoms with van der Waals surface area (Å²) in [6.07, 6.45) is 1.86. The van der Waals surface area contributed by atoms with Gasteiger partial charge in [0, 0.05) is 20.3 Å². The van der Waals surface area contributed by atoms with Crippen LogP contribution >= 0.6 is 0 Å². The lowest BCUT2D eigenvalue weighted by atomic mass is 10.1. The van der Waals surface area contributed by atoms with Crippen molar-refractivity contribution in [1.29, 1.82) is 0 Å². The Morgan fingerprint density at radius 3 is 2.26 bits per heavy atom. The molecule has 0 radical (unpaired) electrons. The van der Waals surface area contributed by atoms with Crippen LogP contribution in [0.2, 0.25) is 0 Å². The minimum atomic E-state index is 0.623. The molecule has 0 aliphatic rings. The maximum Gasteiger partial charge on any atom is 0.0718 e. The molecule has 0 heterocycles. The lowest BCUT2D eigenvalue weighted by molar-refractivity contribution is 0.0337. The van der Waals surface area contributed by atoms with Gasteiger partial charge in [-0.2, -0.15) is 0 Å². The molecular weight excluding hydrogens is 242 g/mol. The monoisotopic (exact) mass is 267 g/mol. The van der Waals surface area contributed by atoms with Gasteiger partial charge >= 0.3 is 0 Å². The summed E-state index contributed by atoms with van der Waals surface area (Å²) in [5.41, 5.74) is 7.96. The van der Waals surface area contributed by atoms with Crippen molar-refractivity contribution in [3.05, 3.63) is 35.4 Å². The van der Waals surface area contributed by atoms with Gasteiger partial charge in [-0.05, 0) is 30.5 Å². The highest BCUT2D eigenvalue weighted by Gasteiger charge is 1.95. The van der Waals surface area contributed by atoms with Crippen LogP contribution in [0.1, 0.15) is 17.5 Å². The predicted molar refractivity (Wildman–Crippen MR) is 76.2 cm³/mol. The second-order valence-corrected chi connectivity index (χ2v) is 4.37. The van der Waals surface area contributed by atoms with Gasteiger partial charge in [0.2, 0.25) is 0 Å². The molecule has 19 heavy (non-hydrogen) atoms. The molecule has 2 N–H and O–H groups in total. The molecule has 0 amide bonds. The first-order chi connectivity index (χ1) is 9.36. The van der Waals surface area contributed by atoms with E-state index in [0.717, 1.165) is 26.1 Å². The number of benzene rings is 1. The van der Waals surface area contributed by atoms with Crippen LogP contribution in [0.4, 0.5) is 0 Å². The zero-order valence-corrected chi connectivity index (χ0v) is 11.8. The van der Waals surface area contributed by atoms with Gasteiger partial charge in [0.1, 0.15) is 0 Å². The summed E-state index contributed by atoms with van der Waals surface area (Å²) < 4.78 is 15.9. The second kappa shape index (κ2) is 10.9. The molecule has 4 nitrogen and oxygen atoms in total. The molecule has 0 saturated carbocycles. The molecule has 1 rings (SSSR count). The number of nitrogens with two attached hydrogens (primary N) is 1. The summed E-state index contributed by atoms with van der Waals surface area (Å²) in [5, 5.41) is 0. The van der Waals surface area contributed by atoms with Gasteiger partial charge < -0.3 is 19.9 Å². The van der Waals surface area contributed by atoms with Crippen molar-refractivity contribution in [2.75, 3.05) is 40.1 Å². The van der Waals surface area contributed by atoms with Crippen molar-refractivity contribution < 1.29 is 14.2 Å². The van der Waals surface area contributed by atoms with Gasteiger partial charge in [-0.15, -0.1) is 0 Å². The number of rotatable bonds is 11. The Balaban J connectivity index is 2.02. The van der Waals surface area contributed by atoms with Crippen LogP contribution in [0.15, 0.2) is 24.3 Å². The third kappa shape index (κ3) is 7.95. The highest BCUT2D eigenvalue weighted by atomic mass is 16.5. The highest BCUT2D eigenvalue weighted by molar-refractivity contribution is 5.22. The zero-order valence-electron chi connectivity index (χ0n) is 11.8. The van der Waals surface area contributed by atoms with E-state index in [2.05, 4.69) is 24.3 Å². The number of ether oxygens (including phenoxy) is 3. The summed E-state index contributed by atoms with van der Waals surface area (Å²) in [7, 11) is 1.70. The topological polar surface area (TPSA) is 53.7 Å². The van der Waals surface area contributed by atoms with E-state index in [9.17, 15) is 0 Å². The number of methoxy groups -OCH3 is 1. The van der Waals surface area contributed by atoms with Gasteiger partial charge in [0.15, 0.2) is 0 Å². The molecule has 0 unspecified atom stereocenters. The first kappa shape index (κ1) is 16.1. The summed E-state index contributed by atoms with van der Waals surface area (Å²) >= 11 is 0. The van der Waals surface area contributed by atoms with E-state index in [1.165, 1.54) is 11.1 Å². The normalized spacial score (nSPS) is 10.8. The Morgan fingerprint density at radius 1 is 0.895 bits per heavy atom. The molecule has 0 aliphatic carbocycles. The van der Waals surface area contributed by atoms with E-state index < -0.39 is 0 Å². The fourth-order valence-electron chi connectivity index (χ4n) is 1.68. The third-order valence-corrected chi connectivity index (χ3v) is 2.73. The van der Waals surface area contributed by atoms with Crippen LogP contribution in [-0.2, 0) is 27.2 Å².